The van der Waals surface area contributed by atoms with E-state index in [2.05, 4.69) is 22.3 Å². The van der Waals surface area contributed by atoms with Crippen molar-refractivity contribution in [2.45, 2.75) is 20.3 Å². The number of hydrogen-bond acceptors (Lipinski definition) is 5. The molecule has 6 heteroatoms. The molecule has 1 aromatic carbocycles. The number of methoxy groups -OCH3 is 1. The molecule has 2 heterocycles. The van der Waals surface area contributed by atoms with E-state index in [4.69, 9.17) is 9.72 Å². The summed E-state index contributed by atoms with van der Waals surface area (Å²) in [5, 5.41) is 8.97. The first-order chi connectivity index (χ1) is 11.2. The lowest BCUT2D eigenvalue weighted by molar-refractivity contribution is 0.210. The lowest BCUT2D eigenvalue weighted by Gasteiger charge is -2.09. The van der Waals surface area contributed by atoms with Crippen molar-refractivity contribution in [2.75, 3.05) is 25.6 Å². The summed E-state index contributed by atoms with van der Waals surface area (Å²) < 4.78 is 6.99. The van der Waals surface area contributed by atoms with Gasteiger partial charge in [-0.2, -0.15) is 5.10 Å². The highest BCUT2D eigenvalue weighted by Gasteiger charge is 2.16. The molecule has 120 valence electrons. The molecule has 2 aromatic heterocycles. The number of fused-ring (bicyclic) bond motifs is 1. The van der Waals surface area contributed by atoms with Crippen LogP contribution in [0.5, 0.6) is 0 Å². The third-order valence-corrected chi connectivity index (χ3v) is 3.66. The number of anilines is 1. The second-order valence-corrected chi connectivity index (χ2v) is 5.29. The first-order valence-corrected chi connectivity index (χ1v) is 7.79. The summed E-state index contributed by atoms with van der Waals surface area (Å²) >= 11 is 0. The first kappa shape index (κ1) is 15.4. The van der Waals surface area contributed by atoms with Gasteiger partial charge in [-0.25, -0.2) is 14.6 Å². The molecular weight excluding hydrogens is 290 g/mol. The maximum atomic E-state index is 5.11. The second kappa shape index (κ2) is 6.75. The molecule has 0 spiro atoms. The Hall–Kier alpha value is -2.47. The molecule has 0 bridgehead atoms. The highest BCUT2D eigenvalue weighted by Crippen LogP contribution is 2.26. The topological polar surface area (TPSA) is 64.9 Å². The predicted molar refractivity (Wildman–Crippen MR) is 91.1 cm³/mol. The van der Waals surface area contributed by atoms with Gasteiger partial charge >= 0.3 is 0 Å². The highest BCUT2D eigenvalue weighted by molar-refractivity contribution is 5.90. The van der Waals surface area contributed by atoms with Crippen LogP contribution in [0.1, 0.15) is 18.4 Å². The number of benzene rings is 1. The van der Waals surface area contributed by atoms with E-state index in [-0.39, 0.29) is 0 Å². The van der Waals surface area contributed by atoms with Crippen molar-refractivity contribution in [3.8, 4) is 5.69 Å². The lowest BCUT2D eigenvalue weighted by Crippen LogP contribution is -2.11. The van der Waals surface area contributed by atoms with Gasteiger partial charge in [0.1, 0.15) is 11.6 Å². The summed E-state index contributed by atoms with van der Waals surface area (Å²) in [6.07, 6.45) is 0.772. The molecule has 1 N–H and O–H groups in total. The van der Waals surface area contributed by atoms with Crippen molar-refractivity contribution >= 4 is 16.9 Å². The number of aryl methyl sites for hydroxylation is 2. The Bertz CT molecular complexity index is 798. The Labute approximate surface area is 135 Å². The minimum atomic E-state index is 0.624. The van der Waals surface area contributed by atoms with Gasteiger partial charge in [-0.1, -0.05) is 25.1 Å². The second-order valence-electron chi connectivity index (χ2n) is 5.29. The van der Waals surface area contributed by atoms with Gasteiger partial charge in [-0.3, -0.25) is 0 Å². The van der Waals surface area contributed by atoms with Crippen molar-refractivity contribution < 1.29 is 4.74 Å². The van der Waals surface area contributed by atoms with Crippen molar-refractivity contribution in [1.29, 1.82) is 0 Å². The minimum Gasteiger partial charge on any atom is -0.383 e. The van der Waals surface area contributed by atoms with Crippen molar-refractivity contribution in [3.63, 3.8) is 0 Å². The van der Waals surface area contributed by atoms with Crippen LogP contribution in [0.4, 0.5) is 5.82 Å². The number of para-hydroxylation sites is 1. The monoisotopic (exact) mass is 311 g/mol. The average molecular weight is 311 g/mol. The molecule has 3 rings (SSSR count). The van der Waals surface area contributed by atoms with Crippen LogP contribution in [0.15, 0.2) is 30.3 Å². The van der Waals surface area contributed by atoms with Crippen LogP contribution in [-0.2, 0) is 11.2 Å². The zero-order chi connectivity index (χ0) is 16.2. The molecule has 23 heavy (non-hydrogen) atoms. The zero-order valence-electron chi connectivity index (χ0n) is 13.7. The Balaban J connectivity index is 2.15. The van der Waals surface area contributed by atoms with Gasteiger partial charge in [0.05, 0.1) is 23.4 Å². The summed E-state index contributed by atoms with van der Waals surface area (Å²) in [5.41, 5.74) is 2.74. The molecule has 0 fully saturated rings. The molecule has 0 amide bonds. The van der Waals surface area contributed by atoms with Gasteiger partial charge in [-0.05, 0) is 19.1 Å². The zero-order valence-corrected chi connectivity index (χ0v) is 13.7. The molecule has 0 atom stereocenters. The summed E-state index contributed by atoms with van der Waals surface area (Å²) in [7, 11) is 1.69. The molecule has 3 aromatic rings. The van der Waals surface area contributed by atoms with Gasteiger partial charge in [0, 0.05) is 20.1 Å². The Kier molecular flexibility index (Phi) is 4.52. The maximum Gasteiger partial charge on any atom is 0.168 e. The number of ether oxygens (including phenoxy) is 1. The van der Waals surface area contributed by atoms with Gasteiger partial charge in [0.25, 0.3) is 0 Å². The molecule has 0 saturated carbocycles. The van der Waals surface area contributed by atoms with E-state index in [0.29, 0.717) is 13.2 Å². The number of aromatic nitrogens is 4. The first-order valence-electron chi connectivity index (χ1n) is 7.79. The third-order valence-electron chi connectivity index (χ3n) is 3.66. The Morgan fingerprint density at radius 1 is 1.17 bits per heavy atom. The van der Waals surface area contributed by atoms with E-state index in [1.54, 1.807) is 7.11 Å². The molecule has 0 saturated heterocycles. The Morgan fingerprint density at radius 2 is 1.96 bits per heavy atom. The van der Waals surface area contributed by atoms with Crippen LogP contribution in [0.2, 0.25) is 0 Å². The molecule has 0 aliphatic carbocycles. The fraction of sp³-hybridized carbons (Fsp3) is 0.353. The van der Waals surface area contributed by atoms with Crippen LogP contribution >= 0.6 is 0 Å². The summed E-state index contributed by atoms with van der Waals surface area (Å²) in [5.74, 6) is 1.62. The molecular formula is C17H21N5O. The summed E-state index contributed by atoms with van der Waals surface area (Å²) in [6.45, 7) is 5.36. The number of nitrogens with zero attached hydrogens (tertiary/aromatic N) is 4. The summed E-state index contributed by atoms with van der Waals surface area (Å²) in [6, 6.07) is 10.0. The smallest absolute Gasteiger partial charge is 0.168 e. The van der Waals surface area contributed by atoms with Crippen molar-refractivity contribution in [2.24, 2.45) is 0 Å². The molecule has 6 nitrogen and oxygen atoms in total. The van der Waals surface area contributed by atoms with Crippen LogP contribution in [0.3, 0.4) is 0 Å². The van der Waals surface area contributed by atoms with Gasteiger partial charge < -0.3 is 10.1 Å². The summed E-state index contributed by atoms with van der Waals surface area (Å²) in [4.78, 5) is 9.33. The lowest BCUT2D eigenvalue weighted by atomic mass is 10.2. The largest absolute Gasteiger partial charge is 0.383 e. The highest BCUT2D eigenvalue weighted by atomic mass is 16.5. The average Bonchev–Trinajstić information content (AvgIpc) is 2.93. The molecule has 0 aliphatic rings. The van der Waals surface area contributed by atoms with Gasteiger partial charge in [0.15, 0.2) is 5.65 Å². The quantitative estimate of drug-likeness (QED) is 0.709. The van der Waals surface area contributed by atoms with Gasteiger partial charge in [-0.15, -0.1) is 0 Å². The van der Waals surface area contributed by atoms with Crippen LogP contribution in [-0.4, -0.2) is 40.0 Å². The Morgan fingerprint density at radius 3 is 2.65 bits per heavy atom. The van der Waals surface area contributed by atoms with E-state index < -0.39 is 0 Å². The third kappa shape index (κ3) is 3.03. The normalized spacial score (nSPS) is 11.1. The number of rotatable bonds is 6. The fourth-order valence-electron chi connectivity index (χ4n) is 2.53. The standard InChI is InChI=1S/C17H21N5O/c1-4-14-19-16(18-10-11-23-3)15-12(2)21-22(17(15)20-14)13-8-6-5-7-9-13/h5-9H,4,10-11H2,1-3H3,(H,18,19,20). The number of hydrogen-bond donors (Lipinski definition) is 1. The van der Waals surface area contributed by atoms with Gasteiger partial charge in [0.2, 0.25) is 0 Å². The van der Waals surface area contributed by atoms with Crippen LogP contribution in [0, 0.1) is 6.92 Å². The predicted octanol–water partition coefficient (Wildman–Crippen LogP) is 2.74. The number of nitrogens with one attached hydrogen (secondary N) is 1. The van der Waals surface area contributed by atoms with E-state index in [1.165, 1.54) is 0 Å². The van der Waals surface area contributed by atoms with E-state index in [0.717, 1.165) is 40.5 Å². The SMILES string of the molecule is CCc1nc(NCCOC)c2c(C)nn(-c3ccccc3)c2n1. The van der Waals surface area contributed by atoms with E-state index in [9.17, 15) is 0 Å². The van der Waals surface area contributed by atoms with E-state index >= 15 is 0 Å². The van der Waals surface area contributed by atoms with Crippen LogP contribution in [0.25, 0.3) is 16.7 Å². The minimum absolute atomic E-state index is 0.624. The van der Waals surface area contributed by atoms with E-state index in [1.807, 2.05) is 41.9 Å². The van der Waals surface area contributed by atoms with Crippen LogP contribution < -0.4 is 5.32 Å². The van der Waals surface area contributed by atoms with Crippen molar-refractivity contribution in [3.05, 3.63) is 41.9 Å². The fourth-order valence-corrected chi connectivity index (χ4v) is 2.53. The molecule has 0 aliphatic heterocycles. The van der Waals surface area contributed by atoms with Crippen molar-refractivity contribution in [1.82, 2.24) is 19.7 Å². The maximum absolute atomic E-state index is 5.11. The molecule has 0 radical (unpaired) electrons. The molecule has 0 unspecified atom stereocenters.